The maximum Gasteiger partial charge on any atom is 0.0795 e. The summed E-state index contributed by atoms with van der Waals surface area (Å²) in [6, 6.07) is 6.20. The lowest BCUT2D eigenvalue weighted by Crippen LogP contribution is -2.02. The summed E-state index contributed by atoms with van der Waals surface area (Å²) in [5.41, 5.74) is 3.55. The lowest BCUT2D eigenvalue weighted by atomic mass is 9.95. The van der Waals surface area contributed by atoms with Crippen molar-refractivity contribution in [1.82, 2.24) is 0 Å². The van der Waals surface area contributed by atoms with Gasteiger partial charge in [-0.15, -0.1) is 0 Å². The van der Waals surface area contributed by atoms with Crippen LogP contribution in [0.2, 0.25) is 0 Å². The maximum absolute atomic E-state index is 10.1. The zero-order valence-electron chi connectivity index (χ0n) is 10.1. The van der Waals surface area contributed by atoms with E-state index in [0.717, 1.165) is 18.4 Å². The molecule has 0 aromatic heterocycles. The van der Waals surface area contributed by atoms with E-state index in [9.17, 15) is 5.11 Å². The number of aliphatic hydroxyl groups is 1. The largest absolute Gasteiger partial charge is 0.388 e. The molecule has 0 spiro atoms. The van der Waals surface area contributed by atoms with E-state index in [1.165, 1.54) is 24.0 Å². The van der Waals surface area contributed by atoms with Gasteiger partial charge in [-0.3, -0.25) is 0 Å². The first-order valence-corrected chi connectivity index (χ1v) is 5.91. The molecule has 0 radical (unpaired) electrons. The van der Waals surface area contributed by atoms with Crippen molar-refractivity contribution in [3.63, 3.8) is 0 Å². The third-order valence-electron chi connectivity index (χ3n) is 2.96. The van der Waals surface area contributed by atoms with Crippen LogP contribution in [0.5, 0.6) is 0 Å². The first-order valence-electron chi connectivity index (χ1n) is 5.91. The smallest absolute Gasteiger partial charge is 0.0795 e. The molecule has 0 saturated carbocycles. The third-order valence-corrected chi connectivity index (χ3v) is 2.96. The average molecular weight is 206 g/mol. The molecule has 1 rings (SSSR count). The maximum atomic E-state index is 10.1. The van der Waals surface area contributed by atoms with Gasteiger partial charge in [-0.1, -0.05) is 44.4 Å². The Hall–Kier alpha value is -0.820. The molecule has 0 amide bonds. The molecule has 0 saturated heterocycles. The van der Waals surface area contributed by atoms with Crippen LogP contribution in [0, 0.1) is 13.8 Å². The normalized spacial score (nSPS) is 12.8. The number of benzene rings is 1. The van der Waals surface area contributed by atoms with E-state index >= 15 is 0 Å². The first kappa shape index (κ1) is 12.3. The van der Waals surface area contributed by atoms with E-state index in [0.29, 0.717) is 0 Å². The zero-order valence-corrected chi connectivity index (χ0v) is 10.1. The molecule has 84 valence electrons. The van der Waals surface area contributed by atoms with Crippen molar-refractivity contribution >= 4 is 0 Å². The minimum absolute atomic E-state index is 0.280. The Labute approximate surface area is 93.1 Å². The summed E-state index contributed by atoms with van der Waals surface area (Å²) in [6.45, 7) is 6.34. The Kier molecular flexibility index (Phi) is 4.83. The van der Waals surface area contributed by atoms with Gasteiger partial charge in [0.2, 0.25) is 0 Å². The van der Waals surface area contributed by atoms with E-state index in [1.54, 1.807) is 0 Å². The van der Waals surface area contributed by atoms with Gasteiger partial charge in [-0.05, 0) is 37.0 Å². The molecule has 0 fully saturated rings. The monoisotopic (exact) mass is 206 g/mol. The molecule has 1 atom stereocenters. The van der Waals surface area contributed by atoms with Gasteiger partial charge < -0.3 is 5.11 Å². The molecule has 1 aromatic carbocycles. The van der Waals surface area contributed by atoms with Crippen LogP contribution in [0.1, 0.15) is 55.4 Å². The fraction of sp³-hybridized carbons (Fsp3) is 0.571. The van der Waals surface area contributed by atoms with Crippen molar-refractivity contribution in [2.75, 3.05) is 0 Å². The summed E-state index contributed by atoms with van der Waals surface area (Å²) < 4.78 is 0. The molecule has 0 aliphatic rings. The highest BCUT2D eigenvalue weighted by molar-refractivity contribution is 5.35. The van der Waals surface area contributed by atoms with Crippen molar-refractivity contribution < 1.29 is 5.11 Å². The fourth-order valence-corrected chi connectivity index (χ4v) is 2.08. The molecular weight excluding hydrogens is 184 g/mol. The highest BCUT2D eigenvalue weighted by Gasteiger charge is 2.11. The second-order valence-electron chi connectivity index (χ2n) is 4.32. The van der Waals surface area contributed by atoms with E-state index in [1.807, 2.05) is 6.07 Å². The lowest BCUT2D eigenvalue weighted by Gasteiger charge is -2.16. The molecule has 1 heteroatoms. The molecule has 0 aliphatic carbocycles. The van der Waals surface area contributed by atoms with Gasteiger partial charge in [-0.2, -0.15) is 0 Å². The Morgan fingerprint density at radius 2 is 1.73 bits per heavy atom. The number of rotatable bonds is 5. The molecule has 0 bridgehead atoms. The Morgan fingerprint density at radius 1 is 1.13 bits per heavy atom. The Bertz CT molecular complexity index is 284. The quantitative estimate of drug-likeness (QED) is 0.724. The predicted octanol–water partition coefficient (Wildman–Crippen LogP) is 3.92. The average Bonchev–Trinajstić information content (AvgIpc) is 2.18. The highest BCUT2D eigenvalue weighted by atomic mass is 16.3. The van der Waals surface area contributed by atoms with Crippen LogP contribution in [-0.4, -0.2) is 5.11 Å². The van der Waals surface area contributed by atoms with Crippen molar-refractivity contribution in [2.24, 2.45) is 0 Å². The Balaban J connectivity index is 2.68. The zero-order chi connectivity index (χ0) is 11.3. The van der Waals surface area contributed by atoms with Gasteiger partial charge in [0.1, 0.15) is 0 Å². The van der Waals surface area contributed by atoms with Gasteiger partial charge in [0.05, 0.1) is 6.10 Å². The molecular formula is C14H22O. The second-order valence-corrected chi connectivity index (χ2v) is 4.32. The van der Waals surface area contributed by atoms with E-state index in [-0.39, 0.29) is 6.10 Å². The predicted molar refractivity (Wildman–Crippen MR) is 65.0 cm³/mol. The van der Waals surface area contributed by atoms with Crippen molar-refractivity contribution in [1.29, 1.82) is 0 Å². The summed E-state index contributed by atoms with van der Waals surface area (Å²) in [5, 5.41) is 10.1. The number of hydrogen-bond acceptors (Lipinski definition) is 1. The van der Waals surface area contributed by atoms with Crippen molar-refractivity contribution in [3.05, 3.63) is 34.9 Å². The van der Waals surface area contributed by atoms with Crippen LogP contribution in [0.25, 0.3) is 0 Å². The lowest BCUT2D eigenvalue weighted by molar-refractivity contribution is 0.162. The van der Waals surface area contributed by atoms with Crippen LogP contribution in [0.15, 0.2) is 18.2 Å². The number of aryl methyl sites for hydroxylation is 2. The van der Waals surface area contributed by atoms with Crippen LogP contribution in [0.4, 0.5) is 0 Å². The number of aliphatic hydroxyl groups excluding tert-OH is 1. The Morgan fingerprint density at radius 3 is 2.27 bits per heavy atom. The summed E-state index contributed by atoms with van der Waals surface area (Å²) in [7, 11) is 0. The molecule has 0 heterocycles. The minimum Gasteiger partial charge on any atom is -0.388 e. The summed E-state index contributed by atoms with van der Waals surface area (Å²) >= 11 is 0. The number of unbranched alkanes of at least 4 members (excludes halogenated alkanes) is 2. The van der Waals surface area contributed by atoms with Crippen LogP contribution < -0.4 is 0 Å². The molecule has 1 N–H and O–H groups in total. The highest BCUT2D eigenvalue weighted by Crippen LogP contribution is 2.25. The van der Waals surface area contributed by atoms with Gasteiger partial charge in [0.25, 0.3) is 0 Å². The minimum atomic E-state index is -0.280. The fourth-order valence-electron chi connectivity index (χ4n) is 2.08. The summed E-state index contributed by atoms with van der Waals surface area (Å²) in [6.07, 6.45) is 4.14. The van der Waals surface area contributed by atoms with Gasteiger partial charge >= 0.3 is 0 Å². The van der Waals surface area contributed by atoms with Crippen LogP contribution in [0.3, 0.4) is 0 Å². The van der Waals surface area contributed by atoms with E-state index in [2.05, 4.69) is 32.9 Å². The van der Waals surface area contributed by atoms with E-state index in [4.69, 9.17) is 0 Å². The van der Waals surface area contributed by atoms with Crippen molar-refractivity contribution in [3.8, 4) is 0 Å². The van der Waals surface area contributed by atoms with Gasteiger partial charge in [0, 0.05) is 0 Å². The molecule has 15 heavy (non-hydrogen) atoms. The van der Waals surface area contributed by atoms with Gasteiger partial charge in [-0.25, -0.2) is 0 Å². The number of hydrogen-bond donors (Lipinski definition) is 1. The van der Waals surface area contributed by atoms with Gasteiger partial charge in [0.15, 0.2) is 0 Å². The topological polar surface area (TPSA) is 20.2 Å². The summed E-state index contributed by atoms with van der Waals surface area (Å²) in [5.74, 6) is 0. The van der Waals surface area contributed by atoms with Crippen LogP contribution >= 0.6 is 0 Å². The second kappa shape index (κ2) is 5.92. The standard InChI is InChI=1S/C14H22O/c1-4-5-6-10-13(15)14-11(2)8-7-9-12(14)3/h7-9,13,15H,4-6,10H2,1-3H3. The molecule has 0 aliphatic heterocycles. The van der Waals surface area contributed by atoms with Crippen LogP contribution in [-0.2, 0) is 0 Å². The molecule has 1 aromatic rings. The van der Waals surface area contributed by atoms with Crippen molar-refractivity contribution in [2.45, 2.75) is 52.6 Å². The van der Waals surface area contributed by atoms with E-state index < -0.39 is 0 Å². The summed E-state index contributed by atoms with van der Waals surface area (Å²) in [4.78, 5) is 0. The molecule has 1 unspecified atom stereocenters. The third kappa shape index (κ3) is 3.35. The molecule has 1 nitrogen and oxygen atoms in total. The SMILES string of the molecule is CCCCCC(O)c1c(C)cccc1C. The first-order chi connectivity index (χ1) is 7.16.